The van der Waals surface area contributed by atoms with E-state index in [0.717, 1.165) is 12.2 Å². The average Bonchev–Trinajstić information content (AvgIpc) is 3.82. The number of esters is 4. The number of rotatable bonds is 16. The van der Waals surface area contributed by atoms with Crippen LogP contribution in [-0.4, -0.2) is 100 Å². The molecule has 2 heterocycles. The molecule has 0 radical (unpaired) electrons. The lowest BCUT2D eigenvalue weighted by molar-refractivity contribution is -0.139. The third-order valence-electron chi connectivity index (χ3n) is 8.86. The standard InChI is InChI=1S/C42H38O16/c1-3-35(43)49-15-5-6-16-51-41(47)55-31-13-11-25-19-29(9-7-27(25)21-31)39(45)57-33-23-53-38-34(24-54-37(33)38)58-40(46)30-10-8-28-22-32(14-12-26(28)20-30)56-42(48)52-18-17-50-36(44)4-2/h3-4,7-14,19-22,33-34,37-38H,1-2,5-6,15-18,23-24H2/t33-,34-,37?,38?/m1/s1. The van der Waals surface area contributed by atoms with E-state index in [2.05, 4.69) is 13.2 Å². The Morgan fingerprint density at radius 3 is 1.41 bits per heavy atom. The Morgan fingerprint density at radius 1 is 0.534 bits per heavy atom. The van der Waals surface area contributed by atoms with Crippen LogP contribution in [-0.2, 0) is 47.5 Å². The lowest BCUT2D eigenvalue weighted by atomic mass is 10.1. The summed E-state index contributed by atoms with van der Waals surface area (Å²) in [6, 6.07) is 19.5. The molecule has 16 heteroatoms. The molecule has 0 spiro atoms. The summed E-state index contributed by atoms with van der Waals surface area (Å²) in [5, 5.41) is 2.74. The van der Waals surface area contributed by atoms with Crippen LogP contribution >= 0.6 is 0 Å². The van der Waals surface area contributed by atoms with Crippen molar-refractivity contribution < 1.29 is 76.1 Å². The first-order valence-corrected chi connectivity index (χ1v) is 18.1. The minimum atomic E-state index is -0.979. The van der Waals surface area contributed by atoms with Crippen molar-refractivity contribution in [2.24, 2.45) is 0 Å². The minimum absolute atomic E-state index is 0.0390. The molecule has 2 aliphatic rings. The third kappa shape index (κ3) is 10.7. The number of ether oxygens (including phenoxy) is 10. The zero-order valence-electron chi connectivity index (χ0n) is 31.0. The van der Waals surface area contributed by atoms with Crippen LogP contribution in [0.5, 0.6) is 11.5 Å². The maximum absolute atomic E-state index is 13.2. The van der Waals surface area contributed by atoms with Crippen molar-refractivity contribution in [1.29, 1.82) is 0 Å². The van der Waals surface area contributed by atoms with Gasteiger partial charge in [-0.25, -0.2) is 28.8 Å². The molecule has 4 atom stereocenters. The summed E-state index contributed by atoms with van der Waals surface area (Å²) < 4.78 is 53.3. The number of carbonyl (C=O) groups excluding carboxylic acids is 6. The predicted molar refractivity (Wildman–Crippen MR) is 201 cm³/mol. The highest BCUT2D eigenvalue weighted by Crippen LogP contribution is 2.32. The van der Waals surface area contributed by atoms with Crippen LogP contribution in [0.4, 0.5) is 9.59 Å². The van der Waals surface area contributed by atoms with E-state index >= 15 is 0 Å². The number of hydrogen-bond donors (Lipinski definition) is 0. The van der Waals surface area contributed by atoms with Crippen LogP contribution in [0.15, 0.2) is 98.1 Å². The lowest BCUT2D eigenvalue weighted by Crippen LogP contribution is -2.36. The van der Waals surface area contributed by atoms with Gasteiger partial charge in [0, 0.05) is 12.2 Å². The van der Waals surface area contributed by atoms with Gasteiger partial charge in [0.1, 0.15) is 36.9 Å². The summed E-state index contributed by atoms with van der Waals surface area (Å²) in [4.78, 5) is 72.6. The summed E-state index contributed by atoms with van der Waals surface area (Å²) in [5.41, 5.74) is 0.550. The molecule has 2 aliphatic heterocycles. The van der Waals surface area contributed by atoms with Crippen LogP contribution < -0.4 is 9.47 Å². The number of fused-ring (bicyclic) bond motifs is 3. The largest absolute Gasteiger partial charge is 0.513 e. The third-order valence-corrected chi connectivity index (χ3v) is 8.86. The Morgan fingerprint density at radius 2 is 0.931 bits per heavy atom. The summed E-state index contributed by atoms with van der Waals surface area (Å²) in [7, 11) is 0. The zero-order chi connectivity index (χ0) is 41.0. The van der Waals surface area contributed by atoms with E-state index in [4.69, 9.17) is 47.4 Å². The zero-order valence-corrected chi connectivity index (χ0v) is 31.0. The van der Waals surface area contributed by atoms with Gasteiger partial charge in [-0.2, -0.15) is 0 Å². The lowest BCUT2D eigenvalue weighted by Gasteiger charge is -2.17. The van der Waals surface area contributed by atoms with Gasteiger partial charge in [0.05, 0.1) is 37.6 Å². The van der Waals surface area contributed by atoms with Crippen molar-refractivity contribution in [2.75, 3.05) is 39.6 Å². The van der Waals surface area contributed by atoms with Gasteiger partial charge in [-0.3, -0.25) is 0 Å². The van der Waals surface area contributed by atoms with Gasteiger partial charge in [0.2, 0.25) is 0 Å². The van der Waals surface area contributed by atoms with Crippen LogP contribution in [0, 0.1) is 0 Å². The average molecular weight is 799 g/mol. The highest BCUT2D eigenvalue weighted by atomic mass is 16.7. The first-order chi connectivity index (χ1) is 28.1. The number of carbonyl (C=O) groups is 6. The molecule has 0 aliphatic carbocycles. The summed E-state index contributed by atoms with van der Waals surface area (Å²) in [6.07, 6.45) is -1.61. The summed E-state index contributed by atoms with van der Waals surface area (Å²) in [5.74, 6) is -1.91. The molecule has 0 saturated carbocycles. The Balaban J connectivity index is 0.954. The molecule has 302 valence electrons. The summed E-state index contributed by atoms with van der Waals surface area (Å²) >= 11 is 0. The fraction of sp³-hybridized carbons (Fsp3) is 0.286. The van der Waals surface area contributed by atoms with Gasteiger partial charge in [-0.1, -0.05) is 37.4 Å². The van der Waals surface area contributed by atoms with Gasteiger partial charge in [0.25, 0.3) is 0 Å². The topological polar surface area (TPSA) is 195 Å². The molecule has 4 aromatic rings. The second kappa shape index (κ2) is 19.4. The van der Waals surface area contributed by atoms with Crippen LogP contribution in [0.25, 0.3) is 21.5 Å². The van der Waals surface area contributed by atoms with E-state index in [1.807, 2.05) is 0 Å². The first-order valence-electron chi connectivity index (χ1n) is 18.1. The second-order valence-electron chi connectivity index (χ2n) is 12.8. The Labute approximate surface area is 331 Å². The first kappa shape index (κ1) is 40.9. The van der Waals surface area contributed by atoms with Gasteiger partial charge < -0.3 is 47.4 Å². The normalized spacial score (nSPS) is 18.0. The Bertz CT molecular complexity index is 2210. The SMILES string of the molecule is C=CC(=O)OCCCCOC(=O)Oc1ccc2cc(C(=O)O[C@@H]3COC4C3OC[C@H]4OC(=O)c3ccc4cc(OC(=O)OCCOC(=O)C=C)ccc4c3)ccc2c1. The molecule has 0 N–H and O–H groups in total. The van der Waals surface area contributed by atoms with Gasteiger partial charge in [0.15, 0.2) is 12.2 Å². The van der Waals surface area contributed by atoms with Crippen molar-refractivity contribution in [1.82, 2.24) is 0 Å². The maximum atomic E-state index is 13.2. The maximum Gasteiger partial charge on any atom is 0.513 e. The van der Waals surface area contributed by atoms with Crippen LogP contribution in [0.3, 0.4) is 0 Å². The Hall–Kier alpha value is -6.78. The molecule has 2 unspecified atom stereocenters. The molecule has 2 saturated heterocycles. The molecule has 16 nitrogen and oxygen atoms in total. The summed E-state index contributed by atoms with van der Waals surface area (Å²) in [6.45, 7) is 6.60. The molecule has 58 heavy (non-hydrogen) atoms. The van der Waals surface area contributed by atoms with Crippen molar-refractivity contribution in [2.45, 2.75) is 37.3 Å². The van der Waals surface area contributed by atoms with Crippen molar-refractivity contribution in [3.05, 3.63) is 109 Å². The van der Waals surface area contributed by atoms with Gasteiger partial charge in [-0.15, -0.1) is 0 Å². The second-order valence-corrected chi connectivity index (χ2v) is 12.8. The monoisotopic (exact) mass is 798 g/mol. The predicted octanol–water partition coefficient (Wildman–Crippen LogP) is 5.81. The highest BCUT2D eigenvalue weighted by Gasteiger charge is 2.51. The van der Waals surface area contributed by atoms with Gasteiger partial charge >= 0.3 is 36.2 Å². The molecule has 0 bridgehead atoms. The molecular weight excluding hydrogens is 760 g/mol. The van der Waals surface area contributed by atoms with E-state index in [9.17, 15) is 28.8 Å². The van der Waals surface area contributed by atoms with Crippen LogP contribution in [0.2, 0.25) is 0 Å². The Kier molecular flexibility index (Phi) is 13.7. The van der Waals surface area contributed by atoms with Crippen molar-refractivity contribution in [3.8, 4) is 11.5 Å². The number of unbranched alkanes of at least 4 members (excludes halogenated alkanes) is 1. The molecule has 0 aromatic heterocycles. The molecule has 2 fully saturated rings. The van der Waals surface area contributed by atoms with E-state index in [0.29, 0.717) is 34.4 Å². The molecular formula is C42H38O16. The van der Waals surface area contributed by atoms with E-state index in [1.54, 1.807) is 66.7 Å². The van der Waals surface area contributed by atoms with E-state index in [1.165, 1.54) is 6.07 Å². The smallest absolute Gasteiger partial charge is 0.463 e. The van der Waals surface area contributed by atoms with Crippen LogP contribution in [0.1, 0.15) is 33.6 Å². The molecule has 0 amide bonds. The molecule has 6 rings (SSSR count). The minimum Gasteiger partial charge on any atom is -0.463 e. The van der Waals surface area contributed by atoms with Gasteiger partial charge in [-0.05, 0) is 82.9 Å². The quantitative estimate of drug-likeness (QED) is 0.0433. The molecule has 4 aromatic carbocycles. The highest BCUT2D eigenvalue weighted by molar-refractivity contribution is 5.97. The fourth-order valence-electron chi connectivity index (χ4n) is 6.04. The van der Waals surface area contributed by atoms with E-state index < -0.39 is 60.6 Å². The van der Waals surface area contributed by atoms with Crippen molar-refractivity contribution >= 4 is 57.7 Å². The van der Waals surface area contributed by atoms with Crippen molar-refractivity contribution in [3.63, 3.8) is 0 Å². The number of benzene rings is 4. The fourth-order valence-corrected chi connectivity index (χ4v) is 6.04. The number of hydrogen-bond acceptors (Lipinski definition) is 16. The van der Waals surface area contributed by atoms with E-state index in [-0.39, 0.29) is 62.3 Å².